The Hall–Kier alpha value is -3.16. The first-order valence-electron chi connectivity index (χ1n) is 8.95. The summed E-state index contributed by atoms with van der Waals surface area (Å²) in [7, 11) is 0. The topological polar surface area (TPSA) is 115 Å². The number of aliphatic hydroxyl groups excluding tert-OH is 1. The molecule has 0 aliphatic rings. The lowest BCUT2D eigenvalue weighted by atomic mass is 10.1. The first-order valence-corrected chi connectivity index (χ1v) is 8.95. The number of rotatable bonds is 9. The molecule has 0 spiro atoms. The van der Waals surface area contributed by atoms with Crippen molar-refractivity contribution in [2.75, 3.05) is 6.61 Å². The fraction of sp³-hybridized carbons (Fsp3) is 0.238. The molecule has 0 atom stereocenters. The van der Waals surface area contributed by atoms with Crippen molar-refractivity contribution < 1.29 is 24.5 Å². The average molecular weight is 382 g/mol. The van der Waals surface area contributed by atoms with E-state index >= 15 is 0 Å². The number of nitrogens with zero attached hydrogens (tertiary/aromatic N) is 1. The summed E-state index contributed by atoms with van der Waals surface area (Å²) in [6, 6.07) is 15.1. The molecule has 1 heterocycles. The van der Waals surface area contributed by atoms with Gasteiger partial charge in [-0.25, -0.2) is 0 Å². The number of aromatic nitrogens is 1. The Morgan fingerprint density at radius 3 is 2.54 bits per heavy atom. The Labute approximate surface area is 162 Å². The summed E-state index contributed by atoms with van der Waals surface area (Å²) in [5, 5.41) is 18.3. The van der Waals surface area contributed by atoms with Gasteiger partial charge < -0.3 is 25.3 Å². The van der Waals surface area contributed by atoms with Gasteiger partial charge in [0, 0.05) is 30.1 Å². The molecule has 2 aromatic carbocycles. The highest BCUT2D eigenvalue weighted by molar-refractivity contribution is 6.44. The molecule has 0 aliphatic heterocycles. The van der Waals surface area contributed by atoms with Crippen molar-refractivity contribution in [3.8, 4) is 5.75 Å². The van der Waals surface area contributed by atoms with Gasteiger partial charge in [0.2, 0.25) is 0 Å². The van der Waals surface area contributed by atoms with Crippen molar-refractivity contribution in [1.29, 1.82) is 0 Å². The van der Waals surface area contributed by atoms with Crippen molar-refractivity contribution in [2.45, 2.75) is 25.7 Å². The van der Waals surface area contributed by atoms with E-state index in [-0.39, 0.29) is 12.0 Å². The fourth-order valence-corrected chi connectivity index (χ4v) is 3.05. The summed E-state index contributed by atoms with van der Waals surface area (Å²) in [6.07, 6.45) is 0.952. The molecule has 7 nitrogen and oxygen atoms in total. The maximum Gasteiger partial charge on any atom is 0.289 e. The predicted molar refractivity (Wildman–Crippen MR) is 104 cm³/mol. The second-order valence-electron chi connectivity index (χ2n) is 6.50. The minimum atomic E-state index is -1.36. The van der Waals surface area contributed by atoms with Crippen LogP contribution in [0.2, 0.25) is 0 Å². The lowest BCUT2D eigenvalue weighted by Gasteiger charge is -2.09. The van der Waals surface area contributed by atoms with Gasteiger partial charge in [-0.3, -0.25) is 9.59 Å². The Morgan fingerprint density at radius 1 is 1.11 bits per heavy atom. The second-order valence-corrected chi connectivity index (χ2v) is 6.50. The van der Waals surface area contributed by atoms with Crippen LogP contribution in [0, 0.1) is 0 Å². The minimum absolute atomic E-state index is 0.209. The standard InChI is InChI=1S/C21H22N2O5/c22-21(27)20(26)17-13-23(12-14-5-2-1-3-6-14)18-9-8-15(11-16(17)18)28-10-4-7-19(24)25/h1-3,5-6,8-9,11,13,19,24-25H,4,7,10,12H2,(H2,22,27). The Bertz CT molecular complexity index is 979. The van der Waals surface area contributed by atoms with Crippen LogP contribution < -0.4 is 10.5 Å². The molecule has 0 unspecified atom stereocenters. The lowest BCUT2D eigenvalue weighted by Crippen LogP contribution is -2.22. The number of primary amides is 1. The highest BCUT2D eigenvalue weighted by Gasteiger charge is 2.20. The van der Waals surface area contributed by atoms with Gasteiger partial charge in [0.25, 0.3) is 11.7 Å². The molecule has 0 radical (unpaired) electrons. The Morgan fingerprint density at radius 2 is 1.86 bits per heavy atom. The maximum atomic E-state index is 12.3. The van der Waals surface area contributed by atoms with Gasteiger partial charge in [-0.05, 0) is 30.2 Å². The van der Waals surface area contributed by atoms with Crippen molar-refractivity contribution in [3.63, 3.8) is 0 Å². The summed E-state index contributed by atoms with van der Waals surface area (Å²) in [4.78, 5) is 23.7. The Kier molecular flexibility index (Phi) is 6.08. The number of benzene rings is 2. The van der Waals surface area contributed by atoms with Crippen LogP contribution >= 0.6 is 0 Å². The van der Waals surface area contributed by atoms with E-state index in [0.717, 1.165) is 11.1 Å². The monoisotopic (exact) mass is 382 g/mol. The molecule has 0 aliphatic carbocycles. The molecule has 3 rings (SSSR count). The van der Waals surface area contributed by atoms with Crippen LogP contribution in [0.3, 0.4) is 0 Å². The number of aliphatic hydroxyl groups is 2. The average Bonchev–Trinajstić information content (AvgIpc) is 3.03. The molecule has 1 amide bonds. The van der Waals surface area contributed by atoms with Crippen LogP contribution in [-0.4, -0.2) is 39.4 Å². The molecule has 1 aromatic heterocycles. The van der Waals surface area contributed by atoms with Crippen molar-refractivity contribution >= 4 is 22.6 Å². The van der Waals surface area contributed by atoms with Crippen molar-refractivity contribution in [3.05, 3.63) is 65.9 Å². The molecular weight excluding hydrogens is 360 g/mol. The van der Waals surface area contributed by atoms with E-state index in [1.54, 1.807) is 18.3 Å². The molecule has 7 heteroatoms. The number of hydrogen-bond acceptors (Lipinski definition) is 5. The fourth-order valence-electron chi connectivity index (χ4n) is 3.05. The lowest BCUT2D eigenvalue weighted by molar-refractivity contribution is -0.114. The number of amides is 1. The van der Waals surface area contributed by atoms with Crippen LogP contribution in [0.4, 0.5) is 0 Å². The molecule has 0 fully saturated rings. The Balaban J connectivity index is 1.92. The number of hydrogen-bond donors (Lipinski definition) is 3. The third-order valence-electron chi connectivity index (χ3n) is 4.39. The molecule has 3 aromatic rings. The van der Waals surface area contributed by atoms with E-state index < -0.39 is 18.0 Å². The smallest absolute Gasteiger partial charge is 0.289 e. The largest absolute Gasteiger partial charge is 0.494 e. The number of fused-ring (bicyclic) bond motifs is 1. The third kappa shape index (κ3) is 4.57. The van der Waals surface area contributed by atoms with E-state index in [9.17, 15) is 9.59 Å². The molecule has 0 bridgehead atoms. The summed E-state index contributed by atoms with van der Waals surface area (Å²) >= 11 is 0. The van der Waals surface area contributed by atoms with E-state index in [2.05, 4.69) is 0 Å². The first kappa shape index (κ1) is 19.6. The van der Waals surface area contributed by atoms with E-state index in [0.29, 0.717) is 30.7 Å². The third-order valence-corrected chi connectivity index (χ3v) is 4.39. The number of carbonyl (C=O) groups excluding carboxylic acids is 2. The van der Waals surface area contributed by atoms with Crippen LogP contribution in [0.5, 0.6) is 5.75 Å². The second kappa shape index (κ2) is 8.69. The number of Topliss-reactive ketones (excluding diaryl/α,β-unsaturated/α-hetero) is 1. The van der Waals surface area contributed by atoms with Crippen LogP contribution in [0.15, 0.2) is 54.7 Å². The first-order chi connectivity index (χ1) is 13.5. The maximum absolute atomic E-state index is 12.3. The molecule has 28 heavy (non-hydrogen) atoms. The van der Waals surface area contributed by atoms with Crippen LogP contribution in [0.1, 0.15) is 28.8 Å². The van der Waals surface area contributed by atoms with Gasteiger partial charge in [-0.2, -0.15) is 0 Å². The predicted octanol–water partition coefficient (Wildman–Crippen LogP) is 1.83. The van der Waals surface area contributed by atoms with Crippen molar-refractivity contribution in [2.24, 2.45) is 5.73 Å². The van der Waals surface area contributed by atoms with E-state index in [1.807, 2.05) is 41.0 Å². The molecule has 4 N–H and O–H groups in total. The normalized spacial score (nSPS) is 11.1. The molecule has 0 saturated carbocycles. The zero-order valence-corrected chi connectivity index (χ0v) is 15.2. The zero-order chi connectivity index (χ0) is 20.1. The SMILES string of the molecule is NC(=O)C(=O)c1cn(Cc2ccccc2)c2ccc(OCCCC(O)O)cc12. The zero-order valence-electron chi connectivity index (χ0n) is 15.2. The van der Waals surface area contributed by atoms with Gasteiger partial charge in [-0.15, -0.1) is 0 Å². The summed E-state index contributed by atoms with van der Waals surface area (Å²) in [5.74, 6) is -1.24. The van der Waals surface area contributed by atoms with E-state index in [4.69, 9.17) is 20.7 Å². The highest BCUT2D eigenvalue weighted by atomic mass is 16.5. The summed E-state index contributed by atoms with van der Waals surface area (Å²) in [6.45, 7) is 0.838. The molecule has 146 valence electrons. The molecular formula is C21H22N2O5. The van der Waals surface area contributed by atoms with E-state index in [1.165, 1.54) is 0 Å². The molecule has 0 saturated heterocycles. The number of ether oxygens (including phenoxy) is 1. The van der Waals surface area contributed by atoms with Gasteiger partial charge in [0.05, 0.1) is 12.2 Å². The quantitative estimate of drug-likeness (QED) is 0.226. The van der Waals surface area contributed by atoms with Crippen LogP contribution in [0.25, 0.3) is 10.9 Å². The van der Waals surface area contributed by atoms with Crippen LogP contribution in [-0.2, 0) is 11.3 Å². The van der Waals surface area contributed by atoms with Gasteiger partial charge in [0.15, 0.2) is 6.29 Å². The summed E-state index contributed by atoms with van der Waals surface area (Å²) < 4.78 is 7.52. The number of ketones is 1. The van der Waals surface area contributed by atoms with Gasteiger partial charge >= 0.3 is 0 Å². The summed E-state index contributed by atoms with van der Waals surface area (Å²) in [5.41, 5.74) is 7.28. The number of nitrogens with two attached hydrogens (primary N) is 1. The van der Waals surface area contributed by atoms with Gasteiger partial charge in [-0.1, -0.05) is 30.3 Å². The van der Waals surface area contributed by atoms with Gasteiger partial charge in [0.1, 0.15) is 5.75 Å². The number of carbonyl (C=O) groups is 2. The highest BCUT2D eigenvalue weighted by Crippen LogP contribution is 2.27. The van der Waals surface area contributed by atoms with Crippen molar-refractivity contribution in [1.82, 2.24) is 4.57 Å². The minimum Gasteiger partial charge on any atom is -0.494 e.